The van der Waals surface area contributed by atoms with E-state index in [1.807, 2.05) is 0 Å². The van der Waals surface area contributed by atoms with Gasteiger partial charge in [-0.3, -0.25) is 4.98 Å². The third-order valence-corrected chi connectivity index (χ3v) is 4.70. The zero-order valence-corrected chi connectivity index (χ0v) is 13.1. The van der Waals surface area contributed by atoms with Crippen LogP contribution in [-0.2, 0) is 16.6 Å². The van der Waals surface area contributed by atoms with E-state index < -0.39 is 26.6 Å². The molecule has 2 aromatic heterocycles. The van der Waals surface area contributed by atoms with Gasteiger partial charge in [-0.2, -0.15) is 0 Å². The predicted octanol–water partition coefficient (Wildman–Crippen LogP) is 3.10. The number of rotatable bonds is 5. The largest absolute Gasteiger partial charge is 0.463 e. The van der Waals surface area contributed by atoms with Gasteiger partial charge in [0.25, 0.3) is 0 Å². The van der Waals surface area contributed by atoms with E-state index in [0.717, 1.165) is 12.1 Å². The number of benzene rings is 1. The van der Waals surface area contributed by atoms with E-state index in [1.54, 1.807) is 30.5 Å². The highest BCUT2D eigenvalue weighted by Crippen LogP contribution is 2.22. The van der Waals surface area contributed by atoms with Gasteiger partial charge in [-0.15, -0.1) is 0 Å². The first-order chi connectivity index (χ1) is 11.5. The molecule has 8 heteroatoms. The highest BCUT2D eigenvalue weighted by atomic mass is 32.2. The molecule has 3 aromatic rings. The fraction of sp³-hybridized carbons (Fsp3) is 0.0625. The maximum Gasteiger partial charge on any atom is 0.243 e. The summed E-state index contributed by atoms with van der Waals surface area (Å²) in [6.45, 7) is -0.151. The molecule has 0 radical (unpaired) electrons. The number of hydrogen-bond acceptors (Lipinski definition) is 4. The van der Waals surface area contributed by atoms with Crippen LogP contribution in [0.3, 0.4) is 0 Å². The van der Waals surface area contributed by atoms with Crippen LogP contribution in [0.4, 0.5) is 8.78 Å². The first-order valence-corrected chi connectivity index (χ1v) is 8.38. The standard InChI is InChI=1S/C16H12F2N2O3S/c17-12-5-6-13(18)15(9-12)24(21,22)20-10-11-3-1-7-19-16(11)14-4-2-8-23-14/h1-9,20H,10H2. The molecule has 0 bridgehead atoms. The second kappa shape index (κ2) is 6.50. The van der Waals surface area contributed by atoms with Crippen molar-refractivity contribution in [1.29, 1.82) is 0 Å². The third kappa shape index (κ3) is 3.34. The van der Waals surface area contributed by atoms with Gasteiger partial charge in [-0.25, -0.2) is 21.9 Å². The molecule has 0 saturated heterocycles. The van der Waals surface area contributed by atoms with Crippen molar-refractivity contribution < 1.29 is 21.6 Å². The molecule has 1 aromatic carbocycles. The number of halogens is 2. The second-order valence-corrected chi connectivity index (χ2v) is 6.62. The van der Waals surface area contributed by atoms with Crippen LogP contribution in [0.25, 0.3) is 11.5 Å². The smallest absolute Gasteiger partial charge is 0.243 e. The maximum absolute atomic E-state index is 13.7. The van der Waals surface area contributed by atoms with E-state index in [0.29, 0.717) is 23.1 Å². The Balaban J connectivity index is 1.87. The average Bonchev–Trinajstić information content (AvgIpc) is 3.10. The van der Waals surface area contributed by atoms with Gasteiger partial charge in [0.1, 0.15) is 22.2 Å². The molecule has 0 amide bonds. The number of furan rings is 1. The van der Waals surface area contributed by atoms with Crippen LogP contribution in [0, 0.1) is 11.6 Å². The zero-order chi connectivity index (χ0) is 17.2. The number of hydrogen-bond donors (Lipinski definition) is 1. The molecule has 2 heterocycles. The molecule has 5 nitrogen and oxygen atoms in total. The molecule has 0 atom stereocenters. The molecule has 0 aliphatic carbocycles. The molecule has 0 aliphatic heterocycles. The maximum atomic E-state index is 13.7. The van der Waals surface area contributed by atoms with Crippen LogP contribution in [0.1, 0.15) is 5.56 Å². The Morgan fingerprint density at radius 2 is 1.96 bits per heavy atom. The Bertz CT molecular complexity index is 957. The fourth-order valence-electron chi connectivity index (χ4n) is 2.15. The van der Waals surface area contributed by atoms with Gasteiger partial charge in [0.15, 0.2) is 5.76 Å². The first-order valence-electron chi connectivity index (χ1n) is 6.90. The van der Waals surface area contributed by atoms with Crippen LogP contribution in [0.5, 0.6) is 0 Å². The highest BCUT2D eigenvalue weighted by molar-refractivity contribution is 7.89. The Morgan fingerprint density at radius 1 is 1.12 bits per heavy atom. The van der Waals surface area contributed by atoms with Gasteiger partial charge in [-0.05, 0) is 42.0 Å². The van der Waals surface area contributed by atoms with E-state index in [1.165, 1.54) is 6.26 Å². The molecular weight excluding hydrogens is 338 g/mol. The third-order valence-electron chi connectivity index (χ3n) is 3.28. The van der Waals surface area contributed by atoms with Crippen molar-refractivity contribution in [3.05, 3.63) is 72.1 Å². The Hall–Kier alpha value is -2.58. The molecule has 0 spiro atoms. The summed E-state index contributed by atoms with van der Waals surface area (Å²) in [6, 6.07) is 8.92. The molecule has 24 heavy (non-hydrogen) atoms. The molecule has 1 N–H and O–H groups in total. The van der Waals surface area contributed by atoms with Gasteiger partial charge in [-0.1, -0.05) is 6.07 Å². The Labute approximate surface area is 137 Å². The van der Waals surface area contributed by atoms with E-state index in [4.69, 9.17) is 4.42 Å². The number of sulfonamides is 1. The van der Waals surface area contributed by atoms with Crippen molar-refractivity contribution in [3.63, 3.8) is 0 Å². The van der Waals surface area contributed by atoms with Crippen molar-refractivity contribution in [3.8, 4) is 11.5 Å². The van der Waals surface area contributed by atoms with E-state index in [2.05, 4.69) is 9.71 Å². The lowest BCUT2D eigenvalue weighted by Gasteiger charge is -2.10. The lowest BCUT2D eigenvalue weighted by molar-refractivity contribution is 0.545. The van der Waals surface area contributed by atoms with E-state index in [9.17, 15) is 17.2 Å². The van der Waals surface area contributed by atoms with Crippen molar-refractivity contribution in [2.75, 3.05) is 0 Å². The predicted molar refractivity (Wildman–Crippen MR) is 82.3 cm³/mol. The van der Waals surface area contributed by atoms with Crippen molar-refractivity contribution >= 4 is 10.0 Å². The van der Waals surface area contributed by atoms with Crippen LogP contribution >= 0.6 is 0 Å². The number of nitrogens with one attached hydrogen (secondary N) is 1. The average molecular weight is 350 g/mol. The minimum atomic E-state index is -4.22. The highest BCUT2D eigenvalue weighted by Gasteiger charge is 2.20. The van der Waals surface area contributed by atoms with Gasteiger partial charge in [0, 0.05) is 12.7 Å². The topological polar surface area (TPSA) is 72.2 Å². The molecule has 0 saturated carbocycles. The normalized spacial score (nSPS) is 11.6. The van der Waals surface area contributed by atoms with Crippen LogP contribution in [0.15, 0.2) is 64.2 Å². The van der Waals surface area contributed by atoms with Gasteiger partial charge < -0.3 is 4.42 Å². The van der Waals surface area contributed by atoms with Gasteiger partial charge in [0.05, 0.1) is 6.26 Å². The second-order valence-electron chi connectivity index (χ2n) is 4.89. The van der Waals surface area contributed by atoms with Gasteiger partial charge in [0.2, 0.25) is 10.0 Å². The molecular formula is C16H12F2N2O3S. The van der Waals surface area contributed by atoms with E-state index in [-0.39, 0.29) is 6.54 Å². The summed E-state index contributed by atoms with van der Waals surface area (Å²) in [4.78, 5) is 3.42. The number of nitrogens with zero attached hydrogens (tertiary/aromatic N) is 1. The monoisotopic (exact) mass is 350 g/mol. The Kier molecular flexibility index (Phi) is 4.41. The fourth-order valence-corrected chi connectivity index (χ4v) is 3.24. The van der Waals surface area contributed by atoms with Crippen LogP contribution in [-0.4, -0.2) is 13.4 Å². The van der Waals surface area contributed by atoms with Crippen molar-refractivity contribution in [2.24, 2.45) is 0 Å². The van der Waals surface area contributed by atoms with Crippen LogP contribution in [0.2, 0.25) is 0 Å². The molecule has 3 rings (SSSR count). The molecule has 124 valence electrons. The minimum absolute atomic E-state index is 0.151. The van der Waals surface area contributed by atoms with Crippen LogP contribution < -0.4 is 4.72 Å². The molecule has 0 unspecified atom stereocenters. The molecule has 0 aliphatic rings. The zero-order valence-electron chi connectivity index (χ0n) is 12.2. The summed E-state index contributed by atoms with van der Waals surface area (Å²) in [7, 11) is -4.22. The van der Waals surface area contributed by atoms with Crippen molar-refractivity contribution in [1.82, 2.24) is 9.71 Å². The summed E-state index contributed by atoms with van der Waals surface area (Å²) in [5.41, 5.74) is 0.998. The molecule has 0 fully saturated rings. The SMILES string of the molecule is O=S(=O)(NCc1cccnc1-c1ccco1)c1cc(F)ccc1F. The summed E-state index contributed by atoms with van der Waals surface area (Å²) < 4.78 is 58.8. The van der Waals surface area contributed by atoms with E-state index >= 15 is 0 Å². The van der Waals surface area contributed by atoms with Gasteiger partial charge >= 0.3 is 0 Å². The lowest BCUT2D eigenvalue weighted by atomic mass is 10.1. The van der Waals surface area contributed by atoms with Crippen molar-refractivity contribution in [2.45, 2.75) is 11.4 Å². The number of aromatic nitrogens is 1. The summed E-state index contributed by atoms with van der Waals surface area (Å²) in [5.74, 6) is -1.39. The Morgan fingerprint density at radius 3 is 2.71 bits per heavy atom. The number of pyridine rings is 1. The quantitative estimate of drug-likeness (QED) is 0.767. The summed E-state index contributed by atoms with van der Waals surface area (Å²) in [5, 5.41) is 0. The first kappa shape index (κ1) is 16.3. The lowest BCUT2D eigenvalue weighted by Crippen LogP contribution is -2.24. The summed E-state index contributed by atoms with van der Waals surface area (Å²) >= 11 is 0. The minimum Gasteiger partial charge on any atom is -0.463 e. The summed E-state index contributed by atoms with van der Waals surface area (Å²) in [6.07, 6.45) is 3.02.